The van der Waals surface area contributed by atoms with Crippen molar-refractivity contribution >= 4 is 28.3 Å². The van der Waals surface area contributed by atoms with Crippen molar-refractivity contribution in [1.82, 2.24) is 10.1 Å². The molecule has 0 bridgehead atoms. The Morgan fingerprint density at radius 1 is 1.16 bits per heavy atom. The van der Waals surface area contributed by atoms with Crippen molar-refractivity contribution in [3.63, 3.8) is 0 Å². The lowest BCUT2D eigenvalue weighted by molar-refractivity contribution is 0.382. The van der Waals surface area contributed by atoms with E-state index < -0.39 is 0 Å². The summed E-state index contributed by atoms with van der Waals surface area (Å²) >= 11 is 2.27. The summed E-state index contributed by atoms with van der Waals surface area (Å²) in [5.41, 5.74) is 1.04. The zero-order chi connectivity index (χ0) is 13.1. The molecule has 0 fully saturated rings. The van der Waals surface area contributed by atoms with Crippen LogP contribution in [0.3, 0.4) is 0 Å². The maximum Gasteiger partial charge on any atom is 0.246 e. The predicted molar refractivity (Wildman–Crippen MR) is 78.5 cm³/mol. The fourth-order valence-corrected chi connectivity index (χ4v) is 2.19. The summed E-state index contributed by atoms with van der Waals surface area (Å²) in [4.78, 5) is 4.26. The summed E-state index contributed by atoms with van der Waals surface area (Å²) in [6.07, 6.45) is 1.58. The third kappa shape index (κ3) is 2.78. The number of nitrogens with one attached hydrogen (secondary N) is 1. The molecule has 5 nitrogen and oxygen atoms in total. The van der Waals surface area contributed by atoms with E-state index in [0.717, 1.165) is 9.26 Å². The first-order valence-corrected chi connectivity index (χ1v) is 6.75. The summed E-state index contributed by atoms with van der Waals surface area (Å²) in [7, 11) is 0. The molecule has 6 heteroatoms. The second kappa shape index (κ2) is 5.43. The van der Waals surface area contributed by atoms with Crippen LogP contribution in [0.15, 0.2) is 51.6 Å². The highest BCUT2D eigenvalue weighted by atomic mass is 127. The molecule has 0 atom stereocenters. The van der Waals surface area contributed by atoms with Crippen LogP contribution in [-0.4, -0.2) is 10.1 Å². The van der Waals surface area contributed by atoms with Crippen molar-refractivity contribution in [3.05, 3.63) is 52.1 Å². The van der Waals surface area contributed by atoms with E-state index in [1.54, 1.807) is 18.4 Å². The minimum Gasteiger partial charge on any atom is -0.461 e. The van der Waals surface area contributed by atoms with Gasteiger partial charge in [-0.1, -0.05) is 17.3 Å². The third-order valence-electron chi connectivity index (χ3n) is 2.51. The van der Waals surface area contributed by atoms with Gasteiger partial charge in [0.25, 0.3) is 0 Å². The number of aromatic nitrogens is 2. The van der Waals surface area contributed by atoms with Crippen LogP contribution in [0.5, 0.6) is 0 Å². The SMILES string of the molecule is Ic1ccccc1NCc1nc(-c2ccco2)no1. The van der Waals surface area contributed by atoms with E-state index in [2.05, 4.69) is 38.0 Å². The monoisotopic (exact) mass is 367 g/mol. The summed E-state index contributed by atoms with van der Waals surface area (Å²) in [5, 5.41) is 7.13. The summed E-state index contributed by atoms with van der Waals surface area (Å²) in [6, 6.07) is 11.6. The van der Waals surface area contributed by atoms with Crippen LogP contribution in [0.4, 0.5) is 5.69 Å². The maximum atomic E-state index is 5.21. The van der Waals surface area contributed by atoms with Crippen molar-refractivity contribution in [1.29, 1.82) is 0 Å². The molecule has 3 rings (SSSR count). The molecule has 0 radical (unpaired) electrons. The number of nitrogens with zero attached hydrogens (tertiary/aromatic N) is 2. The van der Waals surface area contributed by atoms with Gasteiger partial charge in [0.15, 0.2) is 5.76 Å². The fraction of sp³-hybridized carbons (Fsp3) is 0.0769. The van der Waals surface area contributed by atoms with Crippen LogP contribution < -0.4 is 5.32 Å². The van der Waals surface area contributed by atoms with Crippen molar-refractivity contribution in [2.24, 2.45) is 0 Å². The Kier molecular flexibility index (Phi) is 3.49. The van der Waals surface area contributed by atoms with Gasteiger partial charge in [0.1, 0.15) is 0 Å². The fourth-order valence-electron chi connectivity index (χ4n) is 1.61. The Balaban J connectivity index is 1.70. The van der Waals surface area contributed by atoms with Crippen molar-refractivity contribution in [2.45, 2.75) is 6.54 Å². The molecule has 96 valence electrons. The molecule has 2 aromatic heterocycles. The van der Waals surface area contributed by atoms with Crippen LogP contribution >= 0.6 is 22.6 Å². The molecule has 1 aromatic carbocycles. The minimum absolute atomic E-state index is 0.463. The molecule has 0 spiro atoms. The zero-order valence-corrected chi connectivity index (χ0v) is 12.0. The molecule has 2 heterocycles. The van der Waals surface area contributed by atoms with Crippen molar-refractivity contribution in [2.75, 3.05) is 5.32 Å². The lowest BCUT2D eigenvalue weighted by atomic mass is 10.3. The predicted octanol–water partition coefficient (Wildman–Crippen LogP) is 3.55. The first-order valence-electron chi connectivity index (χ1n) is 5.68. The normalized spacial score (nSPS) is 10.6. The van der Waals surface area contributed by atoms with E-state index >= 15 is 0 Å². The van der Waals surface area contributed by atoms with Crippen molar-refractivity contribution in [3.8, 4) is 11.6 Å². The molecule has 0 aliphatic rings. The Bertz CT molecular complexity index is 664. The van der Waals surface area contributed by atoms with Gasteiger partial charge in [-0.3, -0.25) is 0 Å². The Hall–Kier alpha value is -1.83. The standard InChI is InChI=1S/C13H10IN3O2/c14-9-4-1-2-5-10(9)15-8-12-16-13(17-19-12)11-6-3-7-18-11/h1-7,15H,8H2. The van der Waals surface area contributed by atoms with Gasteiger partial charge in [-0.05, 0) is 46.9 Å². The molecular weight excluding hydrogens is 357 g/mol. The third-order valence-corrected chi connectivity index (χ3v) is 3.45. The number of rotatable bonds is 4. The Morgan fingerprint density at radius 3 is 2.84 bits per heavy atom. The average Bonchev–Trinajstić information content (AvgIpc) is 3.09. The quantitative estimate of drug-likeness (QED) is 0.715. The number of anilines is 1. The Labute approximate surface area is 123 Å². The first kappa shape index (κ1) is 12.2. The van der Waals surface area contributed by atoms with Gasteiger partial charge in [-0.2, -0.15) is 4.98 Å². The van der Waals surface area contributed by atoms with E-state index in [1.807, 2.05) is 24.3 Å². The smallest absolute Gasteiger partial charge is 0.246 e. The average molecular weight is 367 g/mol. The van der Waals surface area contributed by atoms with Gasteiger partial charge in [0, 0.05) is 9.26 Å². The number of para-hydroxylation sites is 1. The van der Waals surface area contributed by atoms with E-state index in [4.69, 9.17) is 8.94 Å². The van der Waals surface area contributed by atoms with Gasteiger partial charge >= 0.3 is 0 Å². The number of hydrogen-bond donors (Lipinski definition) is 1. The highest BCUT2D eigenvalue weighted by Crippen LogP contribution is 2.19. The van der Waals surface area contributed by atoms with Gasteiger partial charge in [-0.25, -0.2) is 0 Å². The molecule has 0 aliphatic heterocycles. The van der Waals surface area contributed by atoms with E-state index in [1.165, 1.54) is 0 Å². The molecule has 0 unspecified atom stereocenters. The zero-order valence-electron chi connectivity index (χ0n) is 9.84. The van der Waals surface area contributed by atoms with E-state index in [0.29, 0.717) is 24.0 Å². The van der Waals surface area contributed by atoms with Crippen LogP contribution in [0.25, 0.3) is 11.6 Å². The Morgan fingerprint density at radius 2 is 2.05 bits per heavy atom. The number of hydrogen-bond acceptors (Lipinski definition) is 5. The minimum atomic E-state index is 0.463. The van der Waals surface area contributed by atoms with Crippen LogP contribution in [0, 0.1) is 3.57 Å². The van der Waals surface area contributed by atoms with Crippen molar-refractivity contribution < 1.29 is 8.94 Å². The largest absolute Gasteiger partial charge is 0.461 e. The van der Waals surface area contributed by atoms with Gasteiger partial charge in [0.05, 0.1) is 12.8 Å². The molecule has 0 saturated carbocycles. The lowest BCUT2D eigenvalue weighted by Crippen LogP contribution is -2.01. The first-order chi connectivity index (χ1) is 9.33. The van der Waals surface area contributed by atoms with Crippen LogP contribution in [0.2, 0.25) is 0 Å². The molecule has 0 amide bonds. The van der Waals surface area contributed by atoms with Gasteiger partial charge in [-0.15, -0.1) is 0 Å². The molecule has 0 aliphatic carbocycles. The van der Waals surface area contributed by atoms with Gasteiger partial charge < -0.3 is 14.3 Å². The van der Waals surface area contributed by atoms with Crippen LogP contribution in [-0.2, 0) is 6.54 Å². The highest BCUT2D eigenvalue weighted by molar-refractivity contribution is 14.1. The molecule has 19 heavy (non-hydrogen) atoms. The summed E-state index contributed by atoms with van der Waals surface area (Å²) in [5.74, 6) is 1.58. The van der Waals surface area contributed by atoms with E-state index in [-0.39, 0.29) is 0 Å². The highest BCUT2D eigenvalue weighted by Gasteiger charge is 2.10. The molecule has 1 N–H and O–H groups in total. The number of benzene rings is 1. The van der Waals surface area contributed by atoms with Crippen LogP contribution in [0.1, 0.15) is 5.89 Å². The molecule has 3 aromatic rings. The summed E-state index contributed by atoms with van der Waals surface area (Å²) in [6.45, 7) is 0.480. The van der Waals surface area contributed by atoms with E-state index in [9.17, 15) is 0 Å². The lowest BCUT2D eigenvalue weighted by Gasteiger charge is -2.04. The molecule has 0 saturated heterocycles. The number of furan rings is 1. The summed E-state index contributed by atoms with van der Waals surface area (Å²) < 4.78 is 11.5. The number of halogens is 1. The molecular formula is C13H10IN3O2. The van der Waals surface area contributed by atoms with Gasteiger partial charge in [0.2, 0.25) is 11.7 Å². The second-order valence-electron chi connectivity index (χ2n) is 3.82. The maximum absolute atomic E-state index is 5.21. The second-order valence-corrected chi connectivity index (χ2v) is 4.98. The topological polar surface area (TPSA) is 64.1 Å².